The smallest absolute Gasteiger partial charge is 0.274 e. The molecule has 0 saturated heterocycles. The van der Waals surface area contributed by atoms with E-state index in [2.05, 4.69) is 22.2 Å². The number of rotatable bonds is 5. The van der Waals surface area contributed by atoms with Gasteiger partial charge in [-0.05, 0) is 24.3 Å². The van der Waals surface area contributed by atoms with Crippen LogP contribution in [0.3, 0.4) is 0 Å². The molecular formula is C15H13F2N3O. The first kappa shape index (κ1) is 14.6. The molecule has 0 spiro atoms. The van der Waals surface area contributed by atoms with Crippen LogP contribution in [0.25, 0.3) is 0 Å². The molecule has 108 valence electrons. The fraction of sp³-hybridized carbons (Fsp3) is 0.0667. The Labute approximate surface area is 120 Å². The second-order valence-electron chi connectivity index (χ2n) is 4.18. The van der Waals surface area contributed by atoms with Gasteiger partial charge in [-0.2, -0.15) is 0 Å². The first-order valence-electron chi connectivity index (χ1n) is 6.17. The third-order valence-corrected chi connectivity index (χ3v) is 2.63. The normalized spacial score (nSPS) is 10.0. The maximum Gasteiger partial charge on any atom is 0.274 e. The van der Waals surface area contributed by atoms with E-state index in [-0.39, 0.29) is 11.4 Å². The van der Waals surface area contributed by atoms with Gasteiger partial charge >= 0.3 is 0 Å². The zero-order chi connectivity index (χ0) is 15.2. The van der Waals surface area contributed by atoms with Crippen LogP contribution in [0.15, 0.2) is 49.2 Å². The SMILES string of the molecule is C=CCNc1ccc(C(=O)Nc2ccc(F)cc2F)nc1. The highest BCUT2D eigenvalue weighted by Crippen LogP contribution is 2.16. The van der Waals surface area contributed by atoms with E-state index in [0.717, 1.165) is 17.8 Å². The fourth-order valence-electron chi connectivity index (χ4n) is 1.60. The second kappa shape index (κ2) is 6.60. The molecule has 0 aliphatic heterocycles. The maximum atomic E-state index is 13.4. The van der Waals surface area contributed by atoms with E-state index < -0.39 is 17.5 Å². The topological polar surface area (TPSA) is 54.0 Å². The van der Waals surface area contributed by atoms with Gasteiger partial charge < -0.3 is 10.6 Å². The minimum absolute atomic E-state index is 0.0999. The van der Waals surface area contributed by atoms with Crippen molar-refractivity contribution in [2.75, 3.05) is 17.2 Å². The van der Waals surface area contributed by atoms with Crippen LogP contribution in [0.4, 0.5) is 20.2 Å². The Morgan fingerprint density at radius 3 is 2.71 bits per heavy atom. The second-order valence-corrected chi connectivity index (χ2v) is 4.18. The summed E-state index contributed by atoms with van der Waals surface area (Å²) in [5, 5.41) is 5.35. The van der Waals surface area contributed by atoms with E-state index in [0.29, 0.717) is 12.6 Å². The molecule has 0 bridgehead atoms. The number of hydrogen-bond acceptors (Lipinski definition) is 3. The molecular weight excluding hydrogens is 276 g/mol. The summed E-state index contributed by atoms with van der Waals surface area (Å²) in [5.74, 6) is -2.12. The van der Waals surface area contributed by atoms with Gasteiger partial charge in [-0.1, -0.05) is 6.08 Å². The van der Waals surface area contributed by atoms with Gasteiger partial charge in [-0.15, -0.1) is 6.58 Å². The van der Waals surface area contributed by atoms with Crippen molar-refractivity contribution in [2.45, 2.75) is 0 Å². The number of hydrogen-bond donors (Lipinski definition) is 2. The first-order chi connectivity index (χ1) is 10.1. The molecule has 0 radical (unpaired) electrons. The van der Waals surface area contributed by atoms with Gasteiger partial charge in [0.1, 0.15) is 17.3 Å². The predicted octanol–water partition coefficient (Wildman–Crippen LogP) is 3.21. The van der Waals surface area contributed by atoms with E-state index in [9.17, 15) is 13.6 Å². The van der Waals surface area contributed by atoms with E-state index in [1.165, 1.54) is 12.3 Å². The highest BCUT2D eigenvalue weighted by molar-refractivity contribution is 6.03. The lowest BCUT2D eigenvalue weighted by Crippen LogP contribution is -2.14. The summed E-state index contributed by atoms with van der Waals surface area (Å²) in [6.07, 6.45) is 3.18. The lowest BCUT2D eigenvalue weighted by molar-refractivity contribution is 0.102. The van der Waals surface area contributed by atoms with Crippen molar-refractivity contribution in [1.29, 1.82) is 0 Å². The van der Waals surface area contributed by atoms with Crippen molar-refractivity contribution in [3.63, 3.8) is 0 Å². The van der Waals surface area contributed by atoms with Crippen molar-refractivity contribution < 1.29 is 13.6 Å². The van der Waals surface area contributed by atoms with Crippen LogP contribution in [0, 0.1) is 11.6 Å². The van der Waals surface area contributed by atoms with E-state index >= 15 is 0 Å². The zero-order valence-electron chi connectivity index (χ0n) is 11.1. The Morgan fingerprint density at radius 2 is 2.10 bits per heavy atom. The number of carbonyl (C=O) groups excluding carboxylic acids is 1. The Bertz CT molecular complexity index is 656. The van der Waals surface area contributed by atoms with Gasteiger partial charge in [-0.3, -0.25) is 4.79 Å². The number of pyridine rings is 1. The summed E-state index contributed by atoms with van der Waals surface area (Å²) >= 11 is 0. The van der Waals surface area contributed by atoms with Crippen LogP contribution in [0.1, 0.15) is 10.5 Å². The molecule has 0 aliphatic rings. The predicted molar refractivity (Wildman–Crippen MR) is 77.2 cm³/mol. The molecule has 2 rings (SSSR count). The van der Waals surface area contributed by atoms with Crippen molar-refractivity contribution in [1.82, 2.24) is 4.98 Å². The van der Waals surface area contributed by atoms with Gasteiger partial charge in [0.15, 0.2) is 0 Å². The standard InChI is InChI=1S/C15H13F2N3O/c1-2-7-18-11-4-6-14(19-9-11)15(21)20-13-5-3-10(16)8-12(13)17/h2-6,8-9,18H,1,7H2,(H,20,21). The van der Waals surface area contributed by atoms with E-state index in [1.807, 2.05) is 0 Å². The minimum atomic E-state index is -0.840. The molecule has 2 aromatic rings. The lowest BCUT2D eigenvalue weighted by atomic mass is 10.2. The molecule has 0 aliphatic carbocycles. The zero-order valence-corrected chi connectivity index (χ0v) is 11.1. The summed E-state index contributed by atoms with van der Waals surface area (Å²) in [6.45, 7) is 4.15. The maximum absolute atomic E-state index is 13.4. The minimum Gasteiger partial charge on any atom is -0.380 e. The average molecular weight is 289 g/mol. The molecule has 6 heteroatoms. The molecule has 0 atom stereocenters. The van der Waals surface area contributed by atoms with Crippen LogP contribution in [-0.2, 0) is 0 Å². The molecule has 1 aromatic heterocycles. The monoisotopic (exact) mass is 289 g/mol. The molecule has 0 fully saturated rings. The number of amides is 1. The molecule has 4 nitrogen and oxygen atoms in total. The van der Waals surface area contributed by atoms with Gasteiger partial charge in [0.25, 0.3) is 5.91 Å². The Hall–Kier alpha value is -2.76. The molecule has 1 aromatic carbocycles. The molecule has 1 heterocycles. The van der Waals surface area contributed by atoms with E-state index in [4.69, 9.17) is 0 Å². The number of aromatic nitrogens is 1. The molecule has 2 N–H and O–H groups in total. The Morgan fingerprint density at radius 1 is 1.29 bits per heavy atom. The average Bonchev–Trinajstić information content (AvgIpc) is 2.48. The largest absolute Gasteiger partial charge is 0.380 e. The Balaban J connectivity index is 2.07. The summed E-state index contributed by atoms with van der Waals surface area (Å²) in [7, 11) is 0. The van der Waals surface area contributed by atoms with Gasteiger partial charge in [0.2, 0.25) is 0 Å². The van der Waals surface area contributed by atoms with Crippen LogP contribution < -0.4 is 10.6 Å². The summed E-state index contributed by atoms with van der Waals surface area (Å²) in [5.41, 5.74) is 0.763. The lowest BCUT2D eigenvalue weighted by Gasteiger charge is -2.07. The van der Waals surface area contributed by atoms with Gasteiger partial charge in [0, 0.05) is 12.6 Å². The van der Waals surface area contributed by atoms with Crippen molar-refractivity contribution in [3.05, 3.63) is 66.5 Å². The van der Waals surface area contributed by atoms with E-state index in [1.54, 1.807) is 12.1 Å². The molecule has 1 amide bonds. The third kappa shape index (κ3) is 3.85. The third-order valence-electron chi connectivity index (χ3n) is 2.63. The van der Waals surface area contributed by atoms with Gasteiger partial charge in [0.05, 0.1) is 17.6 Å². The van der Waals surface area contributed by atoms with Crippen LogP contribution >= 0.6 is 0 Å². The molecule has 0 unspecified atom stereocenters. The summed E-state index contributed by atoms with van der Waals surface area (Å²) < 4.78 is 26.2. The molecule has 0 saturated carbocycles. The number of anilines is 2. The van der Waals surface area contributed by atoms with Crippen molar-refractivity contribution >= 4 is 17.3 Å². The van der Waals surface area contributed by atoms with Gasteiger partial charge in [-0.25, -0.2) is 13.8 Å². The Kier molecular flexibility index (Phi) is 4.61. The number of nitrogens with one attached hydrogen (secondary N) is 2. The van der Waals surface area contributed by atoms with Crippen LogP contribution in [0.2, 0.25) is 0 Å². The quantitative estimate of drug-likeness (QED) is 0.831. The summed E-state index contributed by atoms with van der Waals surface area (Å²) in [6, 6.07) is 6.09. The number of halogens is 2. The highest BCUT2D eigenvalue weighted by Gasteiger charge is 2.11. The van der Waals surface area contributed by atoms with Crippen LogP contribution in [-0.4, -0.2) is 17.4 Å². The highest BCUT2D eigenvalue weighted by atomic mass is 19.1. The van der Waals surface area contributed by atoms with Crippen molar-refractivity contribution in [3.8, 4) is 0 Å². The number of nitrogens with zero attached hydrogens (tertiary/aromatic N) is 1. The van der Waals surface area contributed by atoms with Crippen LogP contribution in [0.5, 0.6) is 0 Å². The fourth-order valence-corrected chi connectivity index (χ4v) is 1.60. The number of benzene rings is 1. The van der Waals surface area contributed by atoms with Crippen molar-refractivity contribution in [2.24, 2.45) is 0 Å². The first-order valence-corrected chi connectivity index (χ1v) is 6.17. The summed E-state index contributed by atoms with van der Waals surface area (Å²) in [4.78, 5) is 15.9. The number of carbonyl (C=O) groups is 1. The molecule has 21 heavy (non-hydrogen) atoms.